The lowest BCUT2D eigenvalue weighted by Gasteiger charge is -2.26. The maximum atomic E-state index is 13.6. The molecule has 0 aromatic heterocycles. The highest BCUT2D eigenvalue weighted by Gasteiger charge is 2.41. The Morgan fingerprint density at radius 1 is 0.919 bits per heavy atom. The molecule has 0 bridgehead atoms. The van der Waals surface area contributed by atoms with Crippen LogP contribution < -0.4 is 0 Å². The van der Waals surface area contributed by atoms with Gasteiger partial charge in [0.2, 0.25) is 5.91 Å². The minimum atomic E-state index is -0.633. The van der Waals surface area contributed by atoms with Crippen LogP contribution in [-0.4, -0.2) is 41.1 Å². The van der Waals surface area contributed by atoms with Crippen LogP contribution in [0.2, 0.25) is 0 Å². The van der Waals surface area contributed by atoms with E-state index in [1.807, 2.05) is 57.2 Å². The lowest BCUT2D eigenvalue weighted by atomic mass is 9.94. The number of hydrogen-bond acceptors (Lipinski definition) is 5. The van der Waals surface area contributed by atoms with E-state index in [1.165, 1.54) is 10.5 Å². The Kier molecular flexibility index (Phi) is 10.7. The largest absolute Gasteiger partial charge is 0.460 e. The number of imide groups is 1. The molecule has 0 unspecified atom stereocenters. The van der Waals surface area contributed by atoms with Crippen LogP contribution >= 0.6 is 0 Å². The normalized spacial score (nSPS) is 16.4. The van der Waals surface area contributed by atoms with Gasteiger partial charge in [0.15, 0.2) is 0 Å². The highest BCUT2D eigenvalue weighted by molar-refractivity contribution is 5.96. The van der Waals surface area contributed by atoms with E-state index in [0.717, 1.165) is 44.1 Å². The topological polar surface area (TPSA) is 72.9 Å². The van der Waals surface area contributed by atoms with Crippen LogP contribution in [0.4, 0.5) is 4.79 Å². The lowest BCUT2D eigenvalue weighted by molar-refractivity contribution is -0.158. The number of carbonyl (C=O) groups excluding carboxylic acids is 3. The Bertz CT molecular complexity index is 999. The smallest absolute Gasteiger partial charge is 0.416 e. The number of cyclic esters (lactones) is 1. The van der Waals surface area contributed by atoms with Gasteiger partial charge in [-0.15, -0.1) is 0 Å². The van der Waals surface area contributed by atoms with Gasteiger partial charge in [-0.3, -0.25) is 9.59 Å². The van der Waals surface area contributed by atoms with E-state index in [4.69, 9.17) is 9.47 Å². The van der Waals surface area contributed by atoms with Gasteiger partial charge < -0.3 is 9.47 Å². The molecule has 37 heavy (non-hydrogen) atoms. The summed E-state index contributed by atoms with van der Waals surface area (Å²) in [6.07, 6.45) is 6.59. The zero-order chi connectivity index (χ0) is 26.7. The molecule has 2 aromatic carbocycles. The number of unbranched alkanes of at least 4 members (excludes halogenated alkanes) is 4. The fourth-order valence-electron chi connectivity index (χ4n) is 4.76. The summed E-state index contributed by atoms with van der Waals surface area (Å²) in [5.41, 5.74) is 1.75. The van der Waals surface area contributed by atoms with Crippen molar-refractivity contribution < 1.29 is 23.9 Å². The minimum Gasteiger partial charge on any atom is -0.460 e. The van der Waals surface area contributed by atoms with Crippen molar-refractivity contribution in [3.8, 4) is 0 Å². The van der Waals surface area contributed by atoms with Gasteiger partial charge in [0.1, 0.15) is 12.2 Å². The number of benzene rings is 2. The van der Waals surface area contributed by atoms with Crippen molar-refractivity contribution in [3.63, 3.8) is 0 Å². The summed E-state index contributed by atoms with van der Waals surface area (Å²) in [7, 11) is 0. The fraction of sp³-hybridized carbons (Fsp3) is 0.516. The third-order valence-electron chi connectivity index (χ3n) is 6.56. The monoisotopic (exact) mass is 507 g/mol. The van der Waals surface area contributed by atoms with Gasteiger partial charge in [0.05, 0.1) is 12.5 Å². The molecule has 0 saturated carbocycles. The molecule has 2 atom stereocenters. The second-order valence-electron chi connectivity index (χ2n) is 10.9. The van der Waals surface area contributed by atoms with E-state index < -0.39 is 23.6 Å². The molecule has 0 aliphatic carbocycles. The van der Waals surface area contributed by atoms with E-state index >= 15 is 0 Å². The van der Waals surface area contributed by atoms with Crippen LogP contribution in [0.25, 0.3) is 0 Å². The lowest BCUT2D eigenvalue weighted by Crippen LogP contribution is -2.44. The molecular formula is C31H41NO5. The predicted octanol–water partition coefficient (Wildman–Crippen LogP) is 6.51. The van der Waals surface area contributed by atoms with Gasteiger partial charge in [-0.1, -0.05) is 86.3 Å². The van der Waals surface area contributed by atoms with Crippen molar-refractivity contribution in [2.75, 3.05) is 6.61 Å². The maximum Gasteiger partial charge on any atom is 0.416 e. The second kappa shape index (κ2) is 14.0. The van der Waals surface area contributed by atoms with E-state index in [9.17, 15) is 14.4 Å². The van der Waals surface area contributed by atoms with Crippen LogP contribution in [0.3, 0.4) is 0 Å². The summed E-state index contributed by atoms with van der Waals surface area (Å²) in [6, 6.07) is 19.8. The molecule has 200 valence electrons. The van der Waals surface area contributed by atoms with Gasteiger partial charge in [0, 0.05) is 5.92 Å². The molecule has 0 spiro atoms. The van der Waals surface area contributed by atoms with Gasteiger partial charge >= 0.3 is 12.1 Å². The van der Waals surface area contributed by atoms with Gasteiger partial charge in [-0.2, -0.15) is 0 Å². The Morgan fingerprint density at radius 2 is 1.51 bits per heavy atom. The molecule has 1 aliphatic heterocycles. The summed E-state index contributed by atoms with van der Waals surface area (Å²) in [4.78, 5) is 40.0. The average Bonchev–Trinajstić information content (AvgIpc) is 3.22. The highest BCUT2D eigenvalue weighted by atomic mass is 16.6. The number of amides is 2. The fourth-order valence-corrected chi connectivity index (χ4v) is 4.76. The van der Waals surface area contributed by atoms with Crippen LogP contribution in [0.5, 0.6) is 0 Å². The van der Waals surface area contributed by atoms with Crippen LogP contribution in [0.15, 0.2) is 60.7 Å². The first-order valence-electron chi connectivity index (χ1n) is 13.5. The van der Waals surface area contributed by atoms with Crippen molar-refractivity contribution in [2.45, 2.75) is 90.2 Å². The molecule has 3 rings (SSSR count). The quantitative estimate of drug-likeness (QED) is 0.228. The molecule has 2 aromatic rings. The Hall–Kier alpha value is -3.15. The Balaban J connectivity index is 1.56. The zero-order valence-electron chi connectivity index (χ0n) is 22.5. The number of esters is 1. The van der Waals surface area contributed by atoms with E-state index in [0.29, 0.717) is 12.8 Å². The summed E-state index contributed by atoms with van der Waals surface area (Å²) >= 11 is 0. The molecule has 0 radical (unpaired) electrons. The first kappa shape index (κ1) is 28.4. The molecule has 1 saturated heterocycles. The summed E-state index contributed by atoms with van der Waals surface area (Å²) in [5, 5.41) is 0. The van der Waals surface area contributed by atoms with Gasteiger partial charge in [-0.25, -0.2) is 9.69 Å². The van der Waals surface area contributed by atoms with Crippen molar-refractivity contribution in [2.24, 2.45) is 5.92 Å². The van der Waals surface area contributed by atoms with Crippen LogP contribution in [-0.2, 0) is 31.9 Å². The Morgan fingerprint density at radius 3 is 2.16 bits per heavy atom. The van der Waals surface area contributed by atoms with Crippen molar-refractivity contribution in [1.82, 2.24) is 4.90 Å². The molecule has 1 heterocycles. The number of carbonyl (C=O) groups is 3. The van der Waals surface area contributed by atoms with E-state index in [-0.39, 0.29) is 25.0 Å². The Labute approximate surface area is 221 Å². The number of hydrogen-bond donors (Lipinski definition) is 0. The zero-order valence-corrected chi connectivity index (χ0v) is 22.5. The first-order valence-corrected chi connectivity index (χ1v) is 13.5. The third kappa shape index (κ3) is 9.67. The van der Waals surface area contributed by atoms with Crippen molar-refractivity contribution in [1.29, 1.82) is 0 Å². The number of aryl methyl sites for hydroxylation is 1. The number of nitrogens with zero attached hydrogens (tertiary/aromatic N) is 1. The highest BCUT2D eigenvalue weighted by Crippen LogP contribution is 2.26. The predicted molar refractivity (Wildman–Crippen MR) is 144 cm³/mol. The third-order valence-corrected chi connectivity index (χ3v) is 6.56. The van der Waals surface area contributed by atoms with Crippen molar-refractivity contribution >= 4 is 18.0 Å². The maximum absolute atomic E-state index is 13.6. The molecule has 6 heteroatoms. The molecule has 1 aliphatic rings. The SMILES string of the molecule is CC(C)(C)OC(=O)C[C@H](CCCCCCCc1ccccc1)C(=O)N1C(=O)OC[C@H]1Cc1ccccc1. The van der Waals surface area contributed by atoms with Crippen molar-refractivity contribution in [3.05, 3.63) is 71.8 Å². The standard InChI is InChI=1S/C31H41NO5/c1-31(2,3)37-28(33)22-26(20-14-6-4-5-9-15-24-16-10-7-11-17-24)29(34)32-27(23-36-30(32)35)21-25-18-12-8-13-19-25/h7-8,10-13,16-19,26-27H,4-6,9,14-15,20-23H2,1-3H3/t26-,27+/m0/s1. The summed E-state index contributed by atoms with van der Waals surface area (Å²) < 4.78 is 10.8. The molecule has 1 fully saturated rings. The second-order valence-corrected chi connectivity index (χ2v) is 10.9. The molecule has 2 amide bonds. The average molecular weight is 508 g/mol. The minimum absolute atomic E-state index is 0.0358. The van der Waals surface area contributed by atoms with Crippen LogP contribution in [0.1, 0.15) is 76.8 Å². The van der Waals surface area contributed by atoms with E-state index in [1.54, 1.807) is 0 Å². The molecule has 6 nitrogen and oxygen atoms in total. The van der Waals surface area contributed by atoms with Gasteiger partial charge in [-0.05, 0) is 57.6 Å². The van der Waals surface area contributed by atoms with Crippen LogP contribution in [0, 0.1) is 5.92 Å². The van der Waals surface area contributed by atoms with E-state index in [2.05, 4.69) is 24.3 Å². The number of rotatable bonds is 13. The van der Waals surface area contributed by atoms with Gasteiger partial charge in [0.25, 0.3) is 0 Å². The first-order chi connectivity index (χ1) is 17.7. The summed E-state index contributed by atoms with van der Waals surface area (Å²) in [6.45, 7) is 5.60. The number of ether oxygens (including phenoxy) is 2. The molecular weight excluding hydrogens is 466 g/mol. The molecule has 0 N–H and O–H groups in total. The summed E-state index contributed by atoms with van der Waals surface area (Å²) in [5.74, 6) is -1.36.